The van der Waals surface area contributed by atoms with Crippen LogP contribution in [0.3, 0.4) is 0 Å². The molecule has 0 bridgehead atoms. The van der Waals surface area contributed by atoms with Crippen molar-refractivity contribution in [2.24, 2.45) is 0 Å². The Bertz CT molecular complexity index is 774. The molecule has 3 rings (SSSR count). The van der Waals surface area contributed by atoms with Crippen LogP contribution < -0.4 is 5.32 Å². The number of benzene rings is 1. The Morgan fingerprint density at radius 1 is 1.13 bits per heavy atom. The van der Waals surface area contributed by atoms with Crippen LogP contribution in [0.25, 0.3) is 10.4 Å². The van der Waals surface area contributed by atoms with E-state index in [0.29, 0.717) is 11.7 Å². The standard InChI is InChI=1S/C17H15ClFN3S/c18-17-14(2-1-8-21-17)15-10-22-16(23-15)11-20-9-7-12-3-5-13(19)6-4-12/h1-6,8,10,20H,7,9,11H2. The van der Waals surface area contributed by atoms with Crippen LogP contribution in [0.15, 0.2) is 48.8 Å². The maximum atomic E-state index is 12.8. The SMILES string of the molecule is Fc1ccc(CCNCc2ncc(-c3cccnc3Cl)s2)cc1. The van der Waals surface area contributed by atoms with Crippen LogP contribution in [-0.4, -0.2) is 16.5 Å². The molecule has 0 spiro atoms. The predicted octanol–water partition coefficient (Wildman–Crippen LogP) is 4.33. The Hall–Kier alpha value is -1.82. The van der Waals surface area contributed by atoms with Gasteiger partial charge >= 0.3 is 0 Å². The summed E-state index contributed by atoms with van der Waals surface area (Å²) in [5.41, 5.74) is 2.02. The second-order valence-corrected chi connectivity index (χ2v) is 6.49. The summed E-state index contributed by atoms with van der Waals surface area (Å²) < 4.78 is 12.8. The van der Waals surface area contributed by atoms with Gasteiger partial charge in [0.2, 0.25) is 0 Å². The molecule has 0 aliphatic carbocycles. The summed E-state index contributed by atoms with van der Waals surface area (Å²) >= 11 is 7.70. The van der Waals surface area contributed by atoms with Gasteiger partial charge in [-0.1, -0.05) is 23.7 Å². The molecule has 0 radical (unpaired) electrons. The van der Waals surface area contributed by atoms with E-state index in [2.05, 4.69) is 15.3 Å². The van der Waals surface area contributed by atoms with Gasteiger partial charge in [-0.25, -0.2) is 14.4 Å². The van der Waals surface area contributed by atoms with Crippen LogP contribution in [-0.2, 0) is 13.0 Å². The van der Waals surface area contributed by atoms with Crippen molar-refractivity contribution < 1.29 is 4.39 Å². The summed E-state index contributed by atoms with van der Waals surface area (Å²) in [5.74, 6) is -0.203. The molecule has 3 nitrogen and oxygen atoms in total. The van der Waals surface area contributed by atoms with Gasteiger partial charge in [-0.05, 0) is 42.8 Å². The second kappa shape index (κ2) is 7.64. The van der Waals surface area contributed by atoms with Crippen molar-refractivity contribution in [3.05, 3.63) is 70.3 Å². The Balaban J connectivity index is 1.52. The first-order valence-corrected chi connectivity index (χ1v) is 8.42. The Morgan fingerprint density at radius 2 is 1.96 bits per heavy atom. The molecule has 2 heterocycles. The quantitative estimate of drug-likeness (QED) is 0.532. The number of hydrogen-bond acceptors (Lipinski definition) is 4. The number of nitrogens with zero attached hydrogens (tertiary/aromatic N) is 2. The fourth-order valence-corrected chi connectivity index (χ4v) is 3.36. The van der Waals surface area contributed by atoms with Crippen molar-refractivity contribution in [3.8, 4) is 10.4 Å². The number of rotatable bonds is 6. The minimum absolute atomic E-state index is 0.203. The number of halogens is 2. The summed E-state index contributed by atoms with van der Waals surface area (Å²) in [6.07, 6.45) is 4.35. The molecular weight excluding hydrogens is 333 g/mol. The van der Waals surface area contributed by atoms with Crippen molar-refractivity contribution in [2.45, 2.75) is 13.0 Å². The number of thiazole rings is 1. The molecule has 6 heteroatoms. The van der Waals surface area contributed by atoms with E-state index in [-0.39, 0.29) is 5.82 Å². The van der Waals surface area contributed by atoms with Crippen molar-refractivity contribution in [3.63, 3.8) is 0 Å². The molecule has 118 valence electrons. The largest absolute Gasteiger partial charge is 0.310 e. The molecule has 1 N–H and O–H groups in total. The van der Waals surface area contributed by atoms with E-state index in [1.54, 1.807) is 17.5 Å². The van der Waals surface area contributed by atoms with Crippen LogP contribution in [0.2, 0.25) is 5.15 Å². The lowest BCUT2D eigenvalue weighted by Gasteiger charge is -2.03. The maximum absolute atomic E-state index is 12.8. The van der Waals surface area contributed by atoms with E-state index >= 15 is 0 Å². The van der Waals surface area contributed by atoms with Crippen molar-refractivity contribution in [1.29, 1.82) is 0 Å². The van der Waals surface area contributed by atoms with Gasteiger partial charge in [0.25, 0.3) is 0 Å². The lowest BCUT2D eigenvalue weighted by molar-refractivity contribution is 0.626. The normalized spacial score (nSPS) is 10.9. The average molecular weight is 348 g/mol. The van der Waals surface area contributed by atoms with Gasteiger partial charge in [0.05, 0.1) is 4.88 Å². The second-order valence-electron chi connectivity index (χ2n) is 5.01. The molecule has 23 heavy (non-hydrogen) atoms. The van der Waals surface area contributed by atoms with E-state index in [0.717, 1.165) is 34.0 Å². The maximum Gasteiger partial charge on any atom is 0.137 e. The zero-order valence-corrected chi connectivity index (χ0v) is 13.9. The Morgan fingerprint density at radius 3 is 2.74 bits per heavy atom. The molecule has 0 saturated carbocycles. The molecule has 3 aromatic rings. The molecular formula is C17H15ClFN3S. The molecule has 1 aromatic carbocycles. The highest BCUT2D eigenvalue weighted by Gasteiger charge is 2.08. The number of aromatic nitrogens is 2. The smallest absolute Gasteiger partial charge is 0.137 e. The molecule has 0 amide bonds. The van der Waals surface area contributed by atoms with E-state index in [9.17, 15) is 4.39 Å². The van der Waals surface area contributed by atoms with E-state index in [1.807, 2.05) is 30.5 Å². The third-order valence-electron chi connectivity index (χ3n) is 3.36. The van der Waals surface area contributed by atoms with Gasteiger partial charge in [0.15, 0.2) is 0 Å². The molecule has 0 fully saturated rings. The minimum atomic E-state index is -0.203. The van der Waals surface area contributed by atoms with E-state index in [4.69, 9.17) is 11.6 Å². The molecule has 0 unspecified atom stereocenters. The molecule has 0 aliphatic heterocycles. The van der Waals surface area contributed by atoms with Crippen molar-refractivity contribution in [2.75, 3.05) is 6.54 Å². The number of pyridine rings is 1. The number of hydrogen-bond donors (Lipinski definition) is 1. The highest BCUT2D eigenvalue weighted by Crippen LogP contribution is 2.30. The third-order valence-corrected chi connectivity index (χ3v) is 4.69. The van der Waals surface area contributed by atoms with Crippen LogP contribution in [0.5, 0.6) is 0 Å². The summed E-state index contributed by atoms with van der Waals surface area (Å²) in [6, 6.07) is 10.4. The van der Waals surface area contributed by atoms with E-state index < -0.39 is 0 Å². The Kier molecular flexibility index (Phi) is 5.33. The van der Waals surface area contributed by atoms with E-state index in [1.165, 1.54) is 12.1 Å². The van der Waals surface area contributed by atoms with Crippen molar-refractivity contribution >= 4 is 22.9 Å². The highest BCUT2D eigenvalue weighted by atomic mass is 35.5. The molecule has 2 aromatic heterocycles. The fraction of sp³-hybridized carbons (Fsp3) is 0.176. The molecule has 0 atom stereocenters. The van der Waals surface area contributed by atoms with Gasteiger partial charge < -0.3 is 5.32 Å². The first-order chi connectivity index (χ1) is 11.2. The van der Waals surface area contributed by atoms with Gasteiger partial charge in [0, 0.05) is 24.5 Å². The first kappa shape index (κ1) is 16.1. The fourth-order valence-electron chi connectivity index (χ4n) is 2.17. The van der Waals surface area contributed by atoms with Crippen LogP contribution in [0.1, 0.15) is 10.6 Å². The summed E-state index contributed by atoms with van der Waals surface area (Å²) in [5, 5.41) is 4.84. The van der Waals surface area contributed by atoms with Gasteiger partial charge in [-0.3, -0.25) is 0 Å². The summed E-state index contributed by atoms with van der Waals surface area (Å²) in [7, 11) is 0. The Labute approximate surface area is 143 Å². The number of nitrogens with one attached hydrogen (secondary N) is 1. The topological polar surface area (TPSA) is 37.8 Å². The van der Waals surface area contributed by atoms with Gasteiger partial charge in [-0.15, -0.1) is 11.3 Å². The summed E-state index contributed by atoms with van der Waals surface area (Å²) in [4.78, 5) is 9.50. The predicted molar refractivity (Wildman–Crippen MR) is 92.2 cm³/mol. The van der Waals surface area contributed by atoms with Gasteiger partial charge in [0.1, 0.15) is 16.0 Å². The molecule has 0 aliphatic rings. The van der Waals surface area contributed by atoms with Gasteiger partial charge in [-0.2, -0.15) is 0 Å². The first-order valence-electron chi connectivity index (χ1n) is 7.23. The lowest BCUT2D eigenvalue weighted by atomic mass is 10.1. The minimum Gasteiger partial charge on any atom is -0.310 e. The molecule has 0 saturated heterocycles. The van der Waals surface area contributed by atoms with Crippen LogP contribution in [0.4, 0.5) is 4.39 Å². The zero-order valence-electron chi connectivity index (χ0n) is 12.3. The third kappa shape index (κ3) is 4.34. The lowest BCUT2D eigenvalue weighted by Crippen LogP contribution is -2.16. The monoisotopic (exact) mass is 347 g/mol. The highest BCUT2D eigenvalue weighted by molar-refractivity contribution is 7.15. The van der Waals surface area contributed by atoms with Crippen LogP contribution >= 0.6 is 22.9 Å². The van der Waals surface area contributed by atoms with Crippen molar-refractivity contribution in [1.82, 2.24) is 15.3 Å². The average Bonchev–Trinajstić information content (AvgIpc) is 3.02. The zero-order chi connectivity index (χ0) is 16.1. The summed E-state index contributed by atoms with van der Waals surface area (Å²) in [6.45, 7) is 1.51. The van der Waals surface area contributed by atoms with Crippen LogP contribution in [0, 0.1) is 5.82 Å².